The summed E-state index contributed by atoms with van der Waals surface area (Å²) in [5.74, 6) is -1.04. The van der Waals surface area contributed by atoms with Crippen LogP contribution >= 0.6 is 11.3 Å². The number of carbonyl (C=O) groups is 1. The van der Waals surface area contributed by atoms with Gasteiger partial charge < -0.3 is 20.3 Å². The van der Waals surface area contributed by atoms with E-state index >= 15 is 4.39 Å². The van der Waals surface area contributed by atoms with Crippen molar-refractivity contribution in [2.24, 2.45) is 5.41 Å². The van der Waals surface area contributed by atoms with E-state index in [4.69, 9.17) is 15.5 Å². The lowest BCUT2D eigenvalue weighted by molar-refractivity contribution is -0.126. The molecule has 10 nitrogen and oxygen atoms in total. The Morgan fingerprint density at radius 1 is 1.35 bits per heavy atom. The molecule has 5 heterocycles. The standard InChI is InChI=1S/C33H34F2N8O2S/c1-5-24(44)43-11-8-23(17(43)2)42(4)31-21-14-38-27(19-6-7-22(34)29-25(19)20(13-36)30(37)46-29)26(35)28(21)39-32(40-31)45-15-18-12-33(9-10-33)16-41(18)3/h5-7,14,17-18,23H,1,8-12,15-16,37H2,2-4H3. The lowest BCUT2D eigenvalue weighted by Gasteiger charge is -2.32. The predicted octanol–water partition coefficient (Wildman–Crippen LogP) is 5.11. The molecule has 3 fully saturated rings. The van der Waals surface area contributed by atoms with Crippen molar-refractivity contribution in [3.63, 3.8) is 0 Å². The second kappa shape index (κ2) is 11.1. The van der Waals surface area contributed by atoms with Crippen LogP contribution in [-0.4, -0.2) is 82.6 Å². The average molecular weight is 645 g/mol. The third kappa shape index (κ3) is 4.82. The number of nitriles is 1. The first-order chi connectivity index (χ1) is 22.1. The number of rotatable bonds is 7. The van der Waals surface area contributed by atoms with Crippen LogP contribution in [-0.2, 0) is 4.79 Å². The van der Waals surface area contributed by atoms with Gasteiger partial charge in [-0.15, -0.1) is 11.3 Å². The van der Waals surface area contributed by atoms with Gasteiger partial charge in [0, 0.05) is 49.4 Å². The summed E-state index contributed by atoms with van der Waals surface area (Å²) in [7, 11) is 3.95. The van der Waals surface area contributed by atoms with E-state index in [2.05, 4.69) is 28.5 Å². The van der Waals surface area contributed by atoms with E-state index in [-0.39, 0.29) is 67.5 Å². The highest BCUT2D eigenvalue weighted by molar-refractivity contribution is 7.23. The molecule has 4 aromatic rings. The maximum Gasteiger partial charge on any atom is 0.319 e. The van der Waals surface area contributed by atoms with Gasteiger partial charge in [0.15, 0.2) is 5.82 Å². The van der Waals surface area contributed by atoms with E-state index < -0.39 is 11.6 Å². The van der Waals surface area contributed by atoms with Crippen LogP contribution in [0.2, 0.25) is 0 Å². The number of anilines is 2. The smallest absolute Gasteiger partial charge is 0.319 e. The van der Waals surface area contributed by atoms with Gasteiger partial charge in [-0.05, 0) is 63.3 Å². The number of benzene rings is 1. The molecule has 1 amide bonds. The van der Waals surface area contributed by atoms with Crippen LogP contribution in [0.5, 0.6) is 6.01 Å². The number of carbonyl (C=O) groups excluding carboxylic acids is 1. The van der Waals surface area contributed by atoms with E-state index in [1.54, 1.807) is 4.90 Å². The molecule has 0 radical (unpaired) electrons. The molecule has 3 unspecified atom stereocenters. The number of ether oxygens (including phenoxy) is 1. The predicted molar refractivity (Wildman–Crippen MR) is 174 cm³/mol. The highest BCUT2D eigenvalue weighted by Gasteiger charge is 2.51. The molecule has 3 aromatic heterocycles. The van der Waals surface area contributed by atoms with Crippen molar-refractivity contribution in [2.75, 3.05) is 44.4 Å². The van der Waals surface area contributed by atoms with Gasteiger partial charge in [-0.1, -0.05) is 6.58 Å². The molecule has 2 N–H and O–H groups in total. The van der Waals surface area contributed by atoms with Crippen LogP contribution in [0.1, 0.15) is 38.2 Å². The van der Waals surface area contributed by atoms with E-state index in [0.29, 0.717) is 36.2 Å². The molecular weight excluding hydrogens is 610 g/mol. The maximum atomic E-state index is 16.7. The maximum absolute atomic E-state index is 16.7. The molecule has 1 aromatic carbocycles. The summed E-state index contributed by atoms with van der Waals surface area (Å²) < 4.78 is 37.9. The number of amides is 1. The number of nitrogens with zero attached hydrogens (tertiary/aromatic N) is 7. The molecule has 3 atom stereocenters. The number of likely N-dealkylation sites (tertiary alicyclic amines) is 2. The fourth-order valence-electron chi connectivity index (χ4n) is 7.34. The Balaban J connectivity index is 1.33. The summed E-state index contributed by atoms with van der Waals surface area (Å²) in [6.45, 7) is 7.53. The summed E-state index contributed by atoms with van der Waals surface area (Å²) >= 11 is 0.938. The molecule has 0 bridgehead atoms. The summed E-state index contributed by atoms with van der Waals surface area (Å²) in [4.78, 5) is 32.3. The molecule has 13 heteroatoms. The number of nitrogens with two attached hydrogens (primary N) is 1. The highest BCUT2D eigenvalue weighted by atomic mass is 32.1. The van der Waals surface area contributed by atoms with Gasteiger partial charge in [-0.3, -0.25) is 14.7 Å². The Hall–Kier alpha value is -4.41. The van der Waals surface area contributed by atoms with Crippen molar-refractivity contribution in [3.05, 3.63) is 48.2 Å². The van der Waals surface area contributed by atoms with E-state index in [1.807, 2.05) is 24.9 Å². The molecule has 2 saturated heterocycles. The first-order valence-corrected chi connectivity index (χ1v) is 16.1. The molecule has 7 rings (SSSR count). The van der Waals surface area contributed by atoms with E-state index in [1.165, 1.54) is 37.2 Å². The summed E-state index contributed by atoms with van der Waals surface area (Å²) in [6.07, 6.45) is 6.95. The highest BCUT2D eigenvalue weighted by Crippen LogP contribution is 2.54. The van der Waals surface area contributed by atoms with Crippen molar-refractivity contribution in [1.82, 2.24) is 24.8 Å². The zero-order valence-electron chi connectivity index (χ0n) is 25.9. The minimum atomic E-state index is -0.751. The van der Waals surface area contributed by atoms with Gasteiger partial charge in [0.2, 0.25) is 5.91 Å². The van der Waals surface area contributed by atoms with Crippen LogP contribution in [0.25, 0.3) is 32.2 Å². The first-order valence-electron chi connectivity index (χ1n) is 15.3. The minimum absolute atomic E-state index is 0.0147. The fourth-order valence-corrected chi connectivity index (χ4v) is 8.29. The Bertz CT molecular complexity index is 1950. The van der Waals surface area contributed by atoms with Crippen molar-refractivity contribution in [3.8, 4) is 23.3 Å². The summed E-state index contributed by atoms with van der Waals surface area (Å²) in [5.41, 5.74) is 6.63. The number of aromatic nitrogens is 3. The second-order valence-electron chi connectivity index (χ2n) is 12.8. The van der Waals surface area contributed by atoms with Gasteiger partial charge in [-0.2, -0.15) is 15.2 Å². The molecule has 1 saturated carbocycles. The van der Waals surface area contributed by atoms with Crippen LogP contribution in [0.4, 0.5) is 19.6 Å². The normalized spacial score (nSPS) is 22.1. The van der Waals surface area contributed by atoms with Crippen molar-refractivity contribution < 1.29 is 18.3 Å². The largest absolute Gasteiger partial charge is 0.462 e. The Kier molecular flexibility index (Phi) is 7.32. The minimum Gasteiger partial charge on any atom is -0.462 e. The molecular formula is C33H34F2N8O2S. The molecule has 1 spiro atoms. The SMILES string of the molecule is C=CC(=O)N1CCC(N(C)c2nc(OCC3CC4(CC4)CN3C)nc3c(F)c(-c4ccc(F)c5sc(N)c(C#N)c45)ncc23)C1C. The number of halogens is 2. The van der Waals surface area contributed by atoms with Gasteiger partial charge in [0.25, 0.3) is 0 Å². The number of hydrogen-bond donors (Lipinski definition) is 1. The average Bonchev–Trinajstić information content (AvgIpc) is 3.37. The van der Waals surface area contributed by atoms with E-state index in [0.717, 1.165) is 24.3 Å². The van der Waals surface area contributed by atoms with E-state index in [9.17, 15) is 14.4 Å². The zero-order chi connectivity index (χ0) is 32.5. The number of nitrogen functional groups attached to an aromatic ring is 1. The van der Waals surface area contributed by atoms with Gasteiger partial charge in [0.1, 0.15) is 40.5 Å². The molecule has 238 valence electrons. The first kappa shape index (κ1) is 30.3. The monoisotopic (exact) mass is 644 g/mol. The topological polar surface area (TPSA) is 125 Å². The fraction of sp³-hybridized carbons (Fsp3) is 0.424. The van der Waals surface area contributed by atoms with Gasteiger partial charge in [0.05, 0.1) is 21.7 Å². The Morgan fingerprint density at radius 3 is 2.83 bits per heavy atom. The molecule has 2 aliphatic heterocycles. The van der Waals surface area contributed by atoms with Crippen LogP contribution in [0.15, 0.2) is 31.0 Å². The van der Waals surface area contributed by atoms with Crippen LogP contribution in [0, 0.1) is 28.4 Å². The summed E-state index contributed by atoms with van der Waals surface area (Å²) in [5, 5.41) is 10.5. The number of likely N-dealkylation sites (N-methyl/N-ethyl adjacent to an activating group) is 2. The van der Waals surface area contributed by atoms with Crippen LogP contribution < -0.4 is 15.4 Å². The number of thiophene rings is 1. The Morgan fingerprint density at radius 2 is 2.13 bits per heavy atom. The van der Waals surface area contributed by atoms with Crippen molar-refractivity contribution in [2.45, 2.75) is 50.7 Å². The third-order valence-corrected chi connectivity index (χ3v) is 11.1. The molecule has 1 aliphatic carbocycles. The lowest BCUT2D eigenvalue weighted by Crippen LogP contribution is -2.43. The third-order valence-electron chi connectivity index (χ3n) is 10.1. The van der Waals surface area contributed by atoms with Gasteiger partial charge in [-0.25, -0.2) is 8.78 Å². The van der Waals surface area contributed by atoms with Crippen LogP contribution in [0.3, 0.4) is 0 Å². The number of pyridine rings is 1. The van der Waals surface area contributed by atoms with Crippen molar-refractivity contribution >= 4 is 49.1 Å². The number of fused-ring (bicyclic) bond motifs is 2. The zero-order valence-corrected chi connectivity index (χ0v) is 26.7. The Labute approximate surface area is 269 Å². The molecule has 46 heavy (non-hydrogen) atoms. The summed E-state index contributed by atoms with van der Waals surface area (Å²) in [6, 6.07) is 4.59. The quantitative estimate of drug-likeness (QED) is 0.273. The number of hydrogen-bond acceptors (Lipinski definition) is 10. The van der Waals surface area contributed by atoms with Gasteiger partial charge >= 0.3 is 6.01 Å². The second-order valence-corrected chi connectivity index (χ2v) is 13.8. The molecule has 3 aliphatic rings. The van der Waals surface area contributed by atoms with Crippen molar-refractivity contribution in [1.29, 1.82) is 5.26 Å². The lowest BCUT2D eigenvalue weighted by atomic mass is 10.0.